The third-order valence-corrected chi connectivity index (χ3v) is 1.77. The average molecular weight is 276 g/mol. The number of ether oxygens (including phenoxy) is 3. The first-order chi connectivity index (χ1) is 9.17. The molecule has 0 saturated heterocycles. The zero-order chi connectivity index (χ0) is 14.5. The van der Waals surface area contributed by atoms with Crippen molar-refractivity contribution in [3.05, 3.63) is 11.8 Å². The van der Waals surface area contributed by atoms with Crippen LogP contribution in [0.1, 0.15) is 6.92 Å². The Hall–Kier alpha value is -1.64. The molecule has 0 spiro atoms. The fourth-order valence-corrected chi connectivity index (χ4v) is 0.960. The fraction of sp³-hybridized carbons (Fsp3) is 0.636. The number of rotatable bonds is 10. The van der Waals surface area contributed by atoms with Crippen molar-refractivity contribution in [1.82, 2.24) is 10.9 Å². The highest BCUT2D eigenvalue weighted by Gasteiger charge is 2.22. The van der Waals surface area contributed by atoms with E-state index in [0.717, 1.165) is 6.26 Å². The second-order valence-corrected chi connectivity index (χ2v) is 3.16. The summed E-state index contributed by atoms with van der Waals surface area (Å²) in [5.41, 5.74) is 5.03. The fourth-order valence-electron chi connectivity index (χ4n) is 0.960. The quantitative estimate of drug-likeness (QED) is 0.0860. The maximum absolute atomic E-state index is 11.6. The number of hydrogen-bond donors (Lipinski definition) is 3. The second-order valence-electron chi connectivity index (χ2n) is 3.16. The van der Waals surface area contributed by atoms with Crippen molar-refractivity contribution in [2.75, 3.05) is 40.0 Å². The largest absolute Gasteiger partial charge is 0.500 e. The highest BCUT2D eigenvalue weighted by molar-refractivity contribution is 6.13. The highest BCUT2D eigenvalue weighted by Crippen LogP contribution is 2.02. The summed E-state index contributed by atoms with van der Waals surface area (Å²) in [4.78, 5) is 23.2. The third-order valence-electron chi connectivity index (χ3n) is 1.77. The molecule has 19 heavy (non-hydrogen) atoms. The van der Waals surface area contributed by atoms with Gasteiger partial charge in [-0.15, -0.1) is 0 Å². The van der Waals surface area contributed by atoms with Crippen LogP contribution in [0.15, 0.2) is 11.8 Å². The molecular weight excluding hydrogens is 256 g/mol. The molecule has 0 aromatic carbocycles. The van der Waals surface area contributed by atoms with Crippen molar-refractivity contribution in [3.8, 4) is 0 Å². The first-order valence-electron chi connectivity index (χ1n) is 5.83. The zero-order valence-corrected chi connectivity index (χ0v) is 11.1. The monoisotopic (exact) mass is 276 g/mol. The van der Waals surface area contributed by atoms with Crippen LogP contribution in [-0.2, 0) is 23.8 Å². The van der Waals surface area contributed by atoms with E-state index in [2.05, 4.69) is 15.6 Å². The lowest BCUT2D eigenvalue weighted by atomic mass is 10.3. The summed E-state index contributed by atoms with van der Waals surface area (Å²) in [6, 6.07) is 0. The molecule has 0 radical (unpaired) electrons. The summed E-state index contributed by atoms with van der Waals surface area (Å²) in [6.45, 7) is 1.94. The number of nitrogens with one attached hydrogen (secondary N) is 2. The Kier molecular flexibility index (Phi) is 10.5. The molecule has 0 aromatic rings. The van der Waals surface area contributed by atoms with Gasteiger partial charge in [0.1, 0.15) is 19.5 Å². The SMILES string of the molecule is CCO/C=C(\C(=O)OCCO)C(=O)OCCNNC. The van der Waals surface area contributed by atoms with Gasteiger partial charge in [-0.3, -0.25) is 10.9 Å². The van der Waals surface area contributed by atoms with Crippen molar-refractivity contribution in [1.29, 1.82) is 0 Å². The van der Waals surface area contributed by atoms with Crippen LogP contribution in [-0.4, -0.2) is 57.1 Å². The predicted octanol–water partition coefficient (Wildman–Crippen LogP) is -1.29. The van der Waals surface area contributed by atoms with E-state index in [1.165, 1.54) is 0 Å². The molecule has 0 heterocycles. The van der Waals surface area contributed by atoms with Gasteiger partial charge in [0.05, 0.1) is 13.2 Å². The Balaban J connectivity index is 4.39. The van der Waals surface area contributed by atoms with Crippen LogP contribution in [0, 0.1) is 0 Å². The van der Waals surface area contributed by atoms with E-state index < -0.39 is 11.9 Å². The molecule has 0 saturated carbocycles. The smallest absolute Gasteiger partial charge is 0.348 e. The van der Waals surface area contributed by atoms with Crippen molar-refractivity contribution in [2.45, 2.75) is 6.92 Å². The van der Waals surface area contributed by atoms with E-state index in [1.807, 2.05) is 0 Å². The number of hydrazine groups is 1. The number of hydrogen-bond acceptors (Lipinski definition) is 8. The van der Waals surface area contributed by atoms with Gasteiger partial charge in [0, 0.05) is 6.54 Å². The number of carbonyl (C=O) groups is 2. The Morgan fingerprint density at radius 3 is 2.37 bits per heavy atom. The maximum Gasteiger partial charge on any atom is 0.348 e. The molecule has 8 heteroatoms. The summed E-state index contributed by atoms with van der Waals surface area (Å²) in [6.07, 6.45) is 0.994. The lowest BCUT2D eigenvalue weighted by molar-refractivity contribution is -0.147. The van der Waals surface area contributed by atoms with E-state index in [9.17, 15) is 9.59 Å². The van der Waals surface area contributed by atoms with Gasteiger partial charge in [-0.25, -0.2) is 9.59 Å². The standard InChI is InChI=1S/C11H20N2O6/c1-3-17-8-9(11(16)19-7-5-14)10(15)18-6-4-13-12-2/h8,12-14H,3-7H2,1-2H3/b9-8-. The van der Waals surface area contributed by atoms with E-state index in [4.69, 9.17) is 14.6 Å². The molecule has 8 nitrogen and oxygen atoms in total. The molecule has 0 aliphatic heterocycles. The average Bonchev–Trinajstić information content (AvgIpc) is 2.41. The molecule has 3 N–H and O–H groups in total. The Morgan fingerprint density at radius 1 is 1.21 bits per heavy atom. The van der Waals surface area contributed by atoms with E-state index in [1.54, 1.807) is 14.0 Å². The molecule has 0 amide bonds. The number of aliphatic hydroxyl groups is 1. The molecule has 0 aromatic heterocycles. The summed E-state index contributed by atoms with van der Waals surface area (Å²) in [5, 5.41) is 8.55. The minimum atomic E-state index is -0.894. The summed E-state index contributed by atoms with van der Waals surface area (Å²) in [5.74, 6) is -1.73. The summed E-state index contributed by atoms with van der Waals surface area (Å²) >= 11 is 0. The predicted molar refractivity (Wildman–Crippen MR) is 65.8 cm³/mol. The van der Waals surface area contributed by atoms with Crippen LogP contribution < -0.4 is 10.9 Å². The minimum Gasteiger partial charge on any atom is -0.500 e. The molecule has 0 atom stereocenters. The highest BCUT2D eigenvalue weighted by atomic mass is 16.6. The van der Waals surface area contributed by atoms with E-state index >= 15 is 0 Å². The van der Waals surface area contributed by atoms with Crippen molar-refractivity contribution in [2.24, 2.45) is 0 Å². The van der Waals surface area contributed by atoms with Gasteiger partial charge in [0.2, 0.25) is 0 Å². The van der Waals surface area contributed by atoms with Crippen LogP contribution >= 0.6 is 0 Å². The van der Waals surface area contributed by atoms with Crippen molar-refractivity contribution in [3.63, 3.8) is 0 Å². The van der Waals surface area contributed by atoms with Gasteiger partial charge in [0.15, 0.2) is 5.57 Å². The lowest BCUT2D eigenvalue weighted by Gasteiger charge is -2.08. The molecule has 0 rings (SSSR count). The first kappa shape index (κ1) is 17.4. The lowest BCUT2D eigenvalue weighted by Crippen LogP contribution is -2.32. The minimum absolute atomic E-state index is 0.0798. The normalized spacial score (nSPS) is 11.0. The van der Waals surface area contributed by atoms with Crippen LogP contribution in [0.2, 0.25) is 0 Å². The Bertz CT molecular complexity index is 306. The molecule has 0 fully saturated rings. The summed E-state index contributed by atoms with van der Waals surface area (Å²) < 4.78 is 14.4. The van der Waals surface area contributed by atoms with Crippen LogP contribution in [0.3, 0.4) is 0 Å². The van der Waals surface area contributed by atoms with Gasteiger partial charge in [-0.2, -0.15) is 0 Å². The Morgan fingerprint density at radius 2 is 1.84 bits per heavy atom. The molecule has 110 valence electrons. The summed E-state index contributed by atoms with van der Waals surface area (Å²) in [7, 11) is 1.68. The first-order valence-corrected chi connectivity index (χ1v) is 5.83. The van der Waals surface area contributed by atoms with Gasteiger partial charge in [-0.05, 0) is 14.0 Å². The van der Waals surface area contributed by atoms with E-state index in [0.29, 0.717) is 13.2 Å². The van der Waals surface area contributed by atoms with Crippen LogP contribution in [0.5, 0.6) is 0 Å². The zero-order valence-electron chi connectivity index (χ0n) is 11.1. The van der Waals surface area contributed by atoms with Gasteiger partial charge in [0.25, 0.3) is 0 Å². The molecule has 0 bridgehead atoms. The molecule has 0 aliphatic rings. The van der Waals surface area contributed by atoms with Gasteiger partial charge in [-0.1, -0.05) is 0 Å². The molecule has 0 unspecified atom stereocenters. The second kappa shape index (κ2) is 11.5. The van der Waals surface area contributed by atoms with Crippen LogP contribution in [0.25, 0.3) is 0 Å². The maximum atomic E-state index is 11.6. The topological polar surface area (TPSA) is 106 Å². The van der Waals surface area contributed by atoms with Crippen molar-refractivity contribution >= 4 is 11.9 Å². The third kappa shape index (κ3) is 8.14. The van der Waals surface area contributed by atoms with Crippen molar-refractivity contribution < 1.29 is 28.9 Å². The van der Waals surface area contributed by atoms with Crippen LogP contribution in [0.4, 0.5) is 0 Å². The number of aliphatic hydroxyl groups excluding tert-OH is 1. The number of esters is 2. The molecular formula is C11H20N2O6. The van der Waals surface area contributed by atoms with Gasteiger partial charge >= 0.3 is 11.9 Å². The number of carbonyl (C=O) groups excluding carboxylic acids is 2. The Labute approximate surface area is 111 Å². The van der Waals surface area contributed by atoms with Gasteiger partial charge < -0.3 is 19.3 Å². The van der Waals surface area contributed by atoms with E-state index in [-0.39, 0.29) is 25.4 Å². The molecule has 0 aliphatic carbocycles.